The van der Waals surface area contributed by atoms with Crippen molar-refractivity contribution in [2.75, 3.05) is 18.8 Å². The van der Waals surface area contributed by atoms with E-state index in [1.54, 1.807) is 6.92 Å². The van der Waals surface area contributed by atoms with Gasteiger partial charge in [0.15, 0.2) is 0 Å². The lowest BCUT2D eigenvalue weighted by Gasteiger charge is -2.16. The largest absolute Gasteiger partial charge is 0.416 e. The van der Waals surface area contributed by atoms with E-state index in [9.17, 15) is 30.0 Å². The number of hydrogen-bond donors (Lipinski definition) is 1. The first kappa shape index (κ1) is 21.2. The summed E-state index contributed by atoms with van der Waals surface area (Å²) in [6.45, 7) is 1.54. The van der Waals surface area contributed by atoms with E-state index in [0.717, 1.165) is 28.6 Å². The molecule has 0 aliphatic carbocycles. The Bertz CT molecular complexity index is 1060. The maximum absolute atomic E-state index is 12.8. The zero-order valence-corrected chi connectivity index (χ0v) is 16.2. The number of benzene rings is 2. The molecule has 0 saturated heterocycles. The van der Waals surface area contributed by atoms with Gasteiger partial charge in [-0.25, -0.2) is 21.1 Å². The SMILES string of the molecule is Cc1ccc(NS(=O)(=O)c2cccc(C(F)(F)F)c2)cc1S(=O)(=O)N(C)C. The molecule has 0 atom stereocenters. The first-order valence-corrected chi connectivity index (χ1v) is 10.4. The summed E-state index contributed by atoms with van der Waals surface area (Å²) < 4.78 is 91.0. The van der Waals surface area contributed by atoms with Gasteiger partial charge < -0.3 is 0 Å². The van der Waals surface area contributed by atoms with Gasteiger partial charge in [-0.1, -0.05) is 12.1 Å². The van der Waals surface area contributed by atoms with Crippen LogP contribution in [0.4, 0.5) is 18.9 Å². The van der Waals surface area contributed by atoms with Gasteiger partial charge in [-0.05, 0) is 42.8 Å². The molecule has 11 heteroatoms. The lowest BCUT2D eigenvalue weighted by atomic mass is 10.2. The molecule has 2 aromatic carbocycles. The number of anilines is 1. The van der Waals surface area contributed by atoms with Crippen LogP contribution in [0.25, 0.3) is 0 Å². The Balaban J connectivity index is 2.45. The van der Waals surface area contributed by atoms with E-state index in [-0.39, 0.29) is 10.6 Å². The van der Waals surface area contributed by atoms with Gasteiger partial charge in [-0.15, -0.1) is 0 Å². The molecule has 0 unspecified atom stereocenters. The van der Waals surface area contributed by atoms with Crippen LogP contribution >= 0.6 is 0 Å². The number of halogens is 3. The smallest absolute Gasteiger partial charge is 0.280 e. The Kier molecular flexibility index (Phi) is 5.60. The maximum Gasteiger partial charge on any atom is 0.416 e. The molecular formula is C16H17F3N2O4S2. The van der Waals surface area contributed by atoms with Crippen molar-refractivity contribution in [1.29, 1.82) is 0 Å². The van der Waals surface area contributed by atoms with Crippen molar-refractivity contribution >= 4 is 25.7 Å². The van der Waals surface area contributed by atoms with Gasteiger partial charge in [0.2, 0.25) is 10.0 Å². The topological polar surface area (TPSA) is 83.5 Å². The van der Waals surface area contributed by atoms with Crippen LogP contribution in [-0.2, 0) is 26.2 Å². The molecule has 0 saturated carbocycles. The molecule has 0 radical (unpaired) electrons. The van der Waals surface area contributed by atoms with Gasteiger partial charge in [-0.2, -0.15) is 13.2 Å². The molecule has 0 amide bonds. The fraction of sp³-hybridized carbons (Fsp3) is 0.250. The van der Waals surface area contributed by atoms with Gasteiger partial charge in [-0.3, -0.25) is 4.72 Å². The number of aryl methyl sites for hydroxylation is 1. The van der Waals surface area contributed by atoms with Crippen molar-refractivity contribution in [1.82, 2.24) is 4.31 Å². The van der Waals surface area contributed by atoms with Crippen LogP contribution in [0.5, 0.6) is 0 Å². The fourth-order valence-electron chi connectivity index (χ4n) is 2.19. The maximum atomic E-state index is 12.8. The van der Waals surface area contributed by atoms with Crippen molar-refractivity contribution in [3.8, 4) is 0 Å². The molecule has 0 heterocycles. The second-order valence-electron chi connectivity index (χ2n) is 5.90. The molecule has 0 aliphatic heterocycles. The lowest BCUT2D eigenvalue weighted by molar-refractivity contribution is -0.137. The van der Waals surface area contributed by atoms with E-state index in [1.807, 2.05) is 0 Å². The Labute approximate surface area is 155 Å². The number of alkyl halides is 3. The minimum atomic E-state index is -4.69. The molecule has 2 aromatic rings. The summed E-state index contributed by atoms with van der Waals surface area (Å²) >= 11 is 0. The zero-order chi connectivity index (χ0) is 20.6. The minimum Gasteiger partial charge on any atom is -0.280 e. The van der Waals surface area contributed by atoms with Crippen LogP contribution in [0.2, 0.25) is 0 Å². The molecule has 1 N–H and O–H groups in total. The first-order valence-electron chi connectivity index (χ1n) is 7.48. The number of nitrogens with one attached hydrogen (secondary N) is 1. The normalized spacial score (nSPS) is 13.0. The number of rotatable bonds is 5. The standard InChI is InChI=1S/C16H17F3N2O4S2/c1-11-7-8-13(10-15(11)27(24,25)21(2)3)20-26(22,23)14-6-4-5-12(9-14)16(17,18)19/h4-10,20H,1-3H3. The van der Waals surface area contributed by atoms with E-state index >= 15 is 0 Å². The molecule has 0 aromatic heterocycles. The minimum absolute atomic E-state index is 0.0848. The molecule has 0 bridgehead atoms. The van der Waals surface area contributed by atoms with Crippen LogP contribution < -0.4 is 4.72 Å². The summed E-state index contributed by atoms with van der Waals surface area (Å²) in [5, 5.41) is 0. The quantitative estimate of drug-likeness (QED) is 0.803. The molecule has 6 nitrogen and oxygen atoms in total. The van der Waals surface area contributed by atoms with Gasteiger partial charge in [0.1, 0.15) is 0 Å². The van der Waals surface area contributed by atoms with Crippen molar-refractivity contribution in [2.24, 2.45) is 0 Å². The van der Waals surface area contributed by atoms with E-state index in [0.29, 0.717) is 11.6 Å². The summed E-state index contributed by atoms with van der Waals surface area (Å²) in [4.78, 5) is -0.702. The zero-order valence-electron chi connectivity index (χ0n) is 14.6. The highest BCUT2D eigenvalue weighted by atomic mass is 32.2. The van der Waals surface area contributed by atoms with Crippen LogP contribution in [-0.4, -0.2) is 35.2 Å². The van der Waals surface area contributed by atoms with Crippen LogP contribution in [0.15, 0.2) is 52.3 Å². The summed E-state index contributed by atoms with van der Waals surface area (Å²) in [5.41, 5.74) is -0.797. The Morgan fingerprint density at radius 1 is 0.963 bits per heavy atom. The summed E-state index contributed by atoms with van der Waals surface area (Å²) in [5.74, 6) is 0. The van der Waals surface area contributed by atoms with Crippen molar-refractivity contribution < 1.29 is 30.0 Å². The van der Waals surface area contributed by atoms with Gasteiger partial charge in [0.05, 0.1) is 21.0 Å². The second-order valence-corrected chi connectivity index (χ2v) is 9.70. The van der Waals surface area contributed by atoms with Gasteiger partial charge in [0.25, 0.3) is 10.0 Å². The molecular weight excluding hydrogens is 405 g/mol. The number of sulfonamides is 2. The number of nitrogens with zero attached hydrogens (tertiary/aromatic N) is 1. The van der Waals surface area contributed by atoms with Crippen molar-refractivity contribution in [3.63, 3.8) is 0 Å². The molecule has 27 heavy (non-hydrogen) atoms. The highest BCUT2D eigenvalue weighted by molar-refractivity contribution is 7.92. The van der Waals surface area contributed by atoms with Gasteiger partial charge in [0, 0.05) is 14.1 Å². The molecule has 0 aliphatic rings. The third kappa shape index (κ3) is 4.60. The van der Waals surface area contributed by atoms with Crippen molar-refractivity contribution in [2.45, 2.75) is 22.9 Å². The lowest BCUT2D eigenvalue weighted by Crippen LogP contribution is -2.23. The van der Waals surface area contributed by atoms with Gasteiger partial charge >= 0.3 is 6.18 Å². The monoisotopic (exact) mass is 422 g/mol. The summed E-state index contributed by atoms with van der Waals surface area (Å²) in [6, 6.07) is 7.11. The summed E-state index contributed by atoms with van der Waals surface area (Å²) in [6.07, 6.45) is -4.69. The predicted molar refractivity (Wildman–Crippen MR) is 94.3 cm³/mol. The van der Waals surface area contributed by atoms with Crippen LogP contribution in [0.3, 0.4) is 0 Å². The Morgan fingerprint density at radius 3 is 2.15 bits per heavy atom. The molecule has 2 rings (SSSR count). The number of hydrogen-bond acceptors (Lipinski definition) is 4. The average molecular weight is 422 g/mol. The van der Waals surface area contributed by atoms with E-state index < -0.39 is 36.7 Å². The van der Waals surface area contributed by atoms with Crippen LogP contribution in [0.1, 0.15) is 11.1 Å². The highest BCUT2D eigenvalue weighted by Crippen LogP contribution is 2.31. The van der Waals surface area contributed by atoms with Crippen LogP contribution in [0, 0.1) is 6.92 Å². The molecule has 148 valence electrons. The van der Waals surface area contributed by atoms with E-state index in [4.69, 9.17) is 0 Å². The predicted octanol–water partition coefficient (Wildman–Crippen LogP) is 3.06. The summed E-state index contributed by atoms with van der Waals surface area (Å²) in [7, 11) is -5.52. The molecule has 0 fully saturated rings. The second kappa shape index (κ2) is 7.13. The average Bonchev–Trinajstić information content (AvgIpc) is 2.55. The Hall–Kier alpha value is -2.11. The van der Waals surface area contributed by atoms with Crippen molar-refractivity contribution in [3.05, 3.63) is 53.6 Å². The fourth-order valence-corrected chi connectivity index (χ4v) is 4.43. The molecule has 0 spiro atoms. The van der Waals surface area contributed by atoms with E-state index in [2.05, 4.69) is 4.72 Å². The third-order valence-electron chi connectivity index (χ3n) is 3.67. The van der Waals surface area contributed by atoms with E-state index in [1.165, 1.54) is 26.2 Å². The highest BCUT2D eigenvalue weighted by Gasteiger charge is 2.31. The first-order chi connectivity index (χ1) is 12.2. The third-order valence-corrected chi connectivity index (χ3v) is 7.01. The Morgan fingerprint density at radius 2 is 1.59 bits per heavy atom.